The minimum atomic E-state index is -0.594. The minimum absolute atomic E-state index is 0.0132. The molecule has 0 bridgehead atoms. The van der Waals surface area contributed by atoms with E-state index in [2.05, 4.69) is 25.1 Å². The number of nitrogens with zero attached hydrogens (tertiary/aromatic N) is 6. The van der Waals surface area contributed by atoms with Crippen molar-refractivity contribution in [2.45, 2.75) is 0 Å². The predicted molar refractivity (Wildman–Crippen MR) is 162 cm³/mol. The number of fused-ring (bicyclic) bond motifs is 2. The second-order valence-corrected chi connectivity index (χ2v) is 9.50. The zero-order valence-corrected chi connectivity index (χ0v) is 22.2. The van der Waals surface area contributed by atoms with Crippen LogP contribution in [0.25, 0.3) is 33.4 Å². The number of hydrogen-bond acceptors (Lipinski definition) is 8. The van der Waals surface area contributed by atoms with E-state index < -0.39 is 22.2 Å². The van der Waals surface area contributed by atoms with Gasteiger partial charge in [-0.3, -0.25) is 34.3 Å². The highest BCUT2D eigenvalue weighted by atomic mass is 16.2. The first-order valence-corrected chi connectivity index (χ1v) is 13.1. The van der Waals surface area contributed by atoms with E-state index >= 15 is 0 Å². The number of para-hydroxylation sites is 2. The lowest BCUT2D eigenvalue weighted by atomic mass is 10.2. The van der Waals surface area contributed by atoms with Crippen LogP contribution in [0.15, 0.2) is 128 Å². The van der Waals surface area contributed by atoms with Crippen molar-refractivity contribution in [3.63, 3.8) is 0 Å². The van der Waals surface area contributed by atoms with Crippen LogP contribution in [0.2, 0.25) is 0 Å². The molecule has 2 N–H and O–H groups in total. The summed E-state index contributed by atoms with van der Waals surface area (Å²) in [5.41, 5.74) is -0.950. The molecule has 12 nitrogen and oxygen atoms in total. The molecule has 0 amide bonds. The van der Waals surface area contributed by atoms with Crippen molar-refractivity contribution >= 4 is 38.9 Å². The van der Waals surface area contributed by atoms with E-state index in [0.717, 1.165) is 9.36 Å². The zero-order chi connectivity index (χ0) is 29.5. The Hall–Kier alpha value is -6.43. The summed E-state index contributed by atoms with van der Waals surface area (Å²) in [6, 6.07) is 31.1. The normalized spacial score (nSPS) is 11.2. The lowest BCUT2D eigenvalue weighted by molar-refractivity contribution is 0.696. The number of aromatic nitrogens is 7. The van der Waals surface area contributed by atoms with Gasteiger partial charge in [0.2, 0.25) is 5.95 Å². The van der Waals surface area contributed by atoms with Crippen LogP contribution in [0.1, 0.15) is 0 Å². The Balaban J connectivity index is 1.57. The van der Waals surface area contributed by atoms with Gasteiger partial charge in [-0.25, -0.2) is 0 Å². The molecule has 0 spiro atoms. The lowest BCUT2D eigenvalue weighted by Crippen LogP contribution is -2.33. The molecule has 0 radical (unpaired) electrons. The van der Waals surface area contributed by atoms with E-state index in [1.54, 1.807) is 29.2 Å². The number of rotatable bonds is 5. The van der Waals surface area contributed by atoms with Crippen molar-refractivity contribution in [1.82, 2.24) is 34.5 Å². The molecule has 12 heteroatoms. The summed E-state index contributed by atoms with van der Waals surface area (Å²) in [6.07, 6.45) is 0. The molecular weight excluding hydrogens is 548 g/mol. The van der Waals surface area contributed by atoms with Crippen molar-refractivity contribution in [1.29, 1.82) is 0 Å². The highest BCUT2D eigenvalue weighted by Gasteiger charge is 2.22. The van der Waals surface area contributed by atoms with Crippen LogP contribution in [-0.2, 0) is 0 Å². The molecule has 0 atom stereocenters. The van der Waals surface area contributed by atoms with Gasteiger partial charge in [-0.15, -0.1) is 0 Å². The van der Waals surface area contributed by atoms with Gasteiger partial charge in [0, 0.05) is 11.4 Å². The molecule has 43 heavy (non-hydrogen) atoms. The van der Waals surface area contributed by atoms with Gasteiger partial charge in [-0.1, -0.05) is 60.7 Å². The number of H-pyrrole nitrogens is 2. The Morgan fingerprint density at radius 2 is 0.837 bits per heavy atom. The fourth-order valence-electron chi connectivity index (χ4n) is 4.86. The average Bonchev–Trinajstić information content (AvgIpc) is 3.05. The van der Waals surface area contributed by atoms with Crippen LogP contribution in [-0.4, -0.2) is 34.5 Å². The van der Waals surface area contributed by atoms with Crippen molar-refractivity contribution in [3.05, 3.63) is 151 Å². The first-order valence-electron chi connectivity index (χ1n) is 13.1. The van der Waals surface area contributed by atoms with Crippen molar-refractivity contribution in [2.75, 3.05) is 4.90 Å². The molecular formula is C31H20N8O4. The third-order valence-electron chi connectivity index (χ3n) is 6.87. The van der Waals surface area contributed by atoms with E-state index in [9.17, 15) is 19.2 Å². The Kier molecular flexibility index (Phi) is 6.05. The van der Waals surface area contributed by atoms with Crippen LogP contribution in [0.5, 0.6) is 0 Å². The first-order chi connectivity index (χ1) is 21.0. The van der Waals surface area contributed by atoms with Gasteiger partial charge >= 0.3 is 0 Å². The first kappa shape index (κ1) is 25.5. The van der Waals surface area contributed by atoms with Crippen molar-refractivity contribution in [3.8, 4) is 11.9 Å². The third-order valence-corrected chi connectivity index (χ3v) is 6.87. The largest absolute Gasteiger partial charge is 0.280 e. The molecule has 0 saturated carbocycles. The monoisotopic (exact) mass is 568 g/mol. The van der Waals surface area contributed by atoms with Gasteiger partial charge in [0.05, 0.1) is 21.5 Å². The average molecular weight is 569 g/mol. The van der Waals surface area contributed by atoms with E-state index in [1.807, 2.05) is 60.7 Å². The van der Waals surface area contributed by atoms with Gasteiger partial charge < -0.3 is 0 Å². The summed E-state index contributed by atoms with van der Waals surface area (Å²) in [4.78, 5) is 68.5. The van der Waals surface area contributed by atoms with Gasteiger partial charge in [0.15, 0.2) is 0 Å². The van der Waals surface area contributed by atoms with E-state index in [1.165, 1.54) is 24.3 Å². The molecule has 3 heterocycles. The Morgan fingerprint density at radius 1 is 0.465 bits per heavy atom. The summed E-state index contributed by atoms with van der Waals surface area (Å²) >= 11 is 0. The third kappa shape index (κ3) is 4.39. The molecule has 4 aromatic carbocycles. The topological polar surface area (TPSA) is 152 Å². The molecule has 0 aliphatic rings. The van der Waals surface area contributed by atoms with Gasteiger partial charge in [-0.05, 0) is 48.5 Å². The van der Waals surface area contributed by atoms with Gasteiger partial charge in [0.1, 0.15) is 0 Å². The fourth-order valence-corrected chi connectivity index (χ4v) is 4.86. The SMILES string of the molecule is O=c1[nH]n(-c2nc(N(c3ccccc3)c3ccccc3)nc(-n3[nH]c(=O)c4ccccc4c3=O)n2)c(=O)c2ccccc12. The molecule has 7 aromatic rings. The maximum Gasteiger partial charge on any atom is 0.280 e. The standard InChI is InChI=1S/C31H20N8O4/c40-25-21-15-7-9-17-23(21)27(42)38(35-25)30-32-29(37(19-11-3-1-4-12-19)20-13-5-2-6-14-20)33-31(34-30)39-28(43)24-18-10-8-16-22(24)26(41)36-39/h1-18H,(H,35,40)(H,36,41). The van der Waals surface area contributed by atoms with Crippen LogP contribution >= 0.6 is 0 Å². The highest BCUT2D eigenvalue weighted by Crippen LogP contribution is 2.32. The van der Waals surface area contributed by atoms with Gasteiger partial charge in [-0.2, -0.15) is 24.3 Å². The van der Waals surface area contributed by atoms with Gasteiger partial charge in [0.25, 0.3) is 34.1 Å². The van der Waals surface area contributed by atoms with E-state index in [0.29, 0.717) is 11.4 Å². The van der Waals surface area contributed by atoms with E-state index in [4.69, 9.17) is 0 Å². The molecule has 0 unspecified atom stereocenters. The summed E-state index contributed by atoms with van der Waals surface area (Å²) in [7, 11) is 0. The summed E-state index contributed by atoms with van der Waals surface area (Å²) in [5, 5.41) is 5.76. The smallest absolute Gasteiger partial charge is 0.279 e. The summed E-state index contributed by atoms with van der Waals surface area (Å²) in [5.74, 6) is -0.532. The summed E-state index contributed by atoms with van der Waals surface area (Å²) < 4.78 is 1.80. The molecule has 208 valence electrons. The molecule has 3 aromatic heterocycles. The highest BCUT2D eigenvalue weighted by molar-refractivity contribution is 5.81. The van der Waals surface area contributed by atoms with E-state index in [-0.39, 0.29) is 39.4 Å². The number of hydrogen-bond donors (Lipinski definition) is 2. The molecule has 0 fully saturated rings. The predicted octanol–water partition coefficient (Wildman–Crippen LogP) is 3.33. The van der Waals surface area contributed by atoms with Crippen LogP contribution in [0, 0.1) is 0 Å². The lowest BCUT2D eigenvalue weighted by Gasteiger charge is -2.23. The molecule has 0 aliphatic carbocycles. The van der Waals surface area contributed by atoms with Crippen molar-refractivity contribution in [2.24, 2.45) is 0 Å². The molecule has 0 aliphatic heterocycles. The maximum absolute atomic E-state index is 13.6. The second-order valence-electron chi connectivity index (χ2n) is 9.50. The number of anilines is 3. The van der Waals surface area contributed by atoms with Crippen LogP contribution in [0.4, 0.5) is 17.3 Å². The zero-order valence-electron chi connectivity index (χ0n) is 22.2. The van der Waals surface area contributed by atoms with Crippen LogP contribution < -0.4 is 27.1 Å². The number of nitrogens with one attached hydrogen (secondary N) is 2. The Labute approximate surface area is 240 Å². The number of aromatic amines is 2. The second kappa shape index (κ2) is 10.2. The fraction of sp³-hybridized carbons (Fsp3) is 0. The maximum atomic E-state index is 13.6. The number of benzene rings is 4. The summed E-state index contributed by atoms with van der Waals surface area (Å²) in [6.45, 7) is 0. The quantitative estimate of drug-likeness (QED) is 0.321. The van der Waals surface area contributed by atoms with Crippen molar-refractivity contribution < 1.29 is 0 Å². The minimum Gasteiger partial charge on any atom is -0.279 e. The Bertz CT molecular complexity index is 2230. The Morgan fingerprint density at radius 3 is 1.26 bits per heavy atom. The van der Waals surface area contributed by atoms with Crippen LogP contribution in [0.3, 0.4) is 0 Å². The molecule has 0 saturated heterocycles. The molecule has 7 rings (SSSR count).